The molecule has 1 saturated heterocycles. The lowest BCUT2D eigenvalue weighted by Crippen LogP contribution is -2.40. The Balaban J connectivity index is 1.85. The molecule has 0 aromatic heterocycles. The Morgan fingerprint density at radius 1 is 1.40 bits per heavy atom. The number of nitrogens with one attached hydrogen (secondary N) is 2. The van der Waals surface area contributed by atoms with Crippen molar-refractivity contribution in [2.75, 3.05) is 32.1 Å². The lowest BCUT2D eigenvalue weighted by molar-refractivity contribution is -0.119. The molecule has 1 fully saturated rings. The number of morpholine rings is 1. The average Bonchev–Trinajstić information content (AvgIpc) is 2.48. The summed E-state index contributed by atoms with van der Waals surface area (Å²) < 4.78 is 10.1. The van der Waals surface area contributed by atoms with E-state index in [2.05, 4.69) is 15.4 Å². The van der Waals surface area contributed by atoms with Gasteiger partial charge in [0.15, 0.2) is 0 Å². The molecule has 1 aliphatic rings. The fraction of sp³-hybridized carbons (Fsp3) is 0.429. The first-order chi connectivity index (χ1) is 9.69. The van der Waals surface area contributed by atoms with Gasteiger partial charge in [-0.15, -0.1) is 0 Å². The predicted octanol–water partition coefficient (Wildman–Crippen LogP) is 0.790. The van der Waals surface area contributed by atoms with Gasteiger partial charge in [0, 0.05) is 18.8 Å². The van der Waals surface area contributed by atoms with Crippen LogP contribution in [0.1, 0.15) is 16.8 Å². The van der Waals surface area contributed by atoms with E-state index in [4.69, 9.17) is 4.74 Å². The fourth-order valence-electron chi connectivity index (χ4n) is 1.98. The van der Waals surface area contributed by atoms with Crippen LogP contribution in [0.25, 0.3) is 0 Å². The maximum atomic E-state index is 11.8. The lowest BCUT2D eigenvalue weighted by Gasteiger charge is -2.23. The second-order valence-corrected chi connectivity index (χ2v) is 4.52. The molecule has 1 unspecified atom stereocenters. The van der Waals surface area contributed by atoms with E-state index in [0.29, 0.717) is 30.8 Å². The molecule has 0 spiro atoms. The highest BCUT2D eigenvalue weighted by Gasteiger charge is 2.17. The predicted molar refractivity (Wildman–Crippen MR) is 73.6 cm³/mol. The molecule has 1 aromatic carbocycles. The van der Waals surface area contributed by atoms with Crippen molar-refractivity contribution < 1.29 is 19.1 Å². The number of benzene rings is 1. The van der Waals surface area contributed by atoms with Crippen molar-refractivity contribution in [2.45, 2.75) is 12.5 Å². The summed E-state index contributed by atoms with van der Waals surface area (Å²) in [4.78, 5) is 23.1. The third kappa shape index (κ3) is 4.04. The molecule has 1 heterocycles. The van der Waals surface area contributed by atoms with Crippen LogP contribution in [0.15, 0.2) is 24.3 Å². The van der Waals surface area contributed by atoms with E-state index < -0.39 is 5.97 Å². The standard InChI is InChI=1S/C14H18N2O4/c1-19-14(18)10-2-4-11(5-3-10)16-13(17)8-12-9-15-6-7-20-12/h2-5,12,15H,6-9H2,1H3,(H,16,17). The molecule has 0 radical (unpaired) electrons. The van der Waals surface area contributed by atoms with E-state index in [9.17, 15) is 9.59 Å². The molecule has 1 atom stereocenters. The molecule has 0 saturated carbocycles. The van der Waals surface area contributed by atoms with E-state index in [1.807, 2.05) is 0 Å². The first-order valence-corrected chi connectivity index (χ1v) is 6.49. The van der Waals surface area contributed by atoms with Crippen molar-refractivity contribution in [1.82, 2.24) is 5.32 Å². The number of carbonyl (C=O) groups is 2. The maximum Gasteiger partial charge on any atom is 0.337 e. The zero-order valence-electron chi connectivity index (χ0n) is 11.3. The molecule has 0 bridgehead atoms. The molecule has 2 rings (SSSR count). The number of anilines is 1. The zero-order valence-corrected chi connectivity index (χ0v) is 11.3. The van der Waals surface area contributed by atoms with Gasteiger partial charge in [0.25, 0.3) is 0 Å². The Morgan fingerprint density at radius 3 is 2.75 bits per heavy atom. The van der Waals surface area contributed by atoms with Crippen LogP contribution in [0.4, 0.5) is 5.69 Å². The van der Waals surface area contributed by atoms with Crippen LogP contribution >= 0.6 is 0 Å². The van der Waals surface area contributed by atoms with Crippen LogP contribution in [-0.2, 0) is 14.3 Å². The van der Waals surface area contributed by atoms with Crippen molar-refractivity contribution >= 4 is 17.6 Å². The van der Waals surface area contributed by atoms with Crippen molar-refractivity contribution in [2.24, 2.45) is 0 Å². The van der Waals surface area contributed by atoms with E-state index in [0.717, 1.165) is 6.54 Å². The Labute approximate surface area is 117 Å². The summed E-state index contributed by atoms with van der Waals surface area (Å²) in [5.74, 6) is -0.505. The topological polar surface area (TPSA) is 76.7 Å². The summed E-state index contributed by atoms with van der Waals surface area (Å²) in [7, 11) is 1.33. The van der Waals surface area contributed by atoms with Crippen LogP contribution in [0, 0.1) is 0 Å². The normalized spacial score (nSPS) is 18.4. The van der Waals surface area contributed by atoms with Gasteiger partial charge >= 0.3 is 5.97 Å². The van der Waals surface area contributed by atoms with Crippen molar-refractivity contribution in [3.63, 3.8) is 0 Å². The third-order valence-electron chi connectivity index (χ3n) is 3.01. The molecule has 20 heavy (non-hydrogen) atoms. The first-order valence-electron chi connectivity index (χ1n) is 6.49. The number of carbonyl (C=O) groups excluding carboxylic acids is 2. The molecule has 6 nitrogen and oxygen atoms in total. The van der Waals surface area contributed by atoms with Gasteiger partial charge in [0.1, 0.15) is 0 Å². The molecule has 1 aromatic rings. The van der Waals surface area contributed by atoms with Gasteiger partial charge in [-0.25, -0.2) is 4.79 Å². The highest BCUT2D eigenvalue weighted by atomic mass is 16.5. The monoisotopic (exact) mass is 278 g/mol. The van der Waals surface area contributed by atoms with Crippen LogP contribution in [-0.4, -0.2) is 44.8 Å². The number of hydrogen-bond donors (Lipinski definition) is 2. The molecule has 1 amide bonds. The summed E-state index contributed by atoms with van der Waals surface area (Å²) in [6.45, 7) is 2.15. The third-order valence-corrected chi connectivity index (χ3v) is 3.01. The number of ether oxygens (including phenoxy) is 2. The summed E-state index contributed by atoms with van der Waals surface area (Å²) in [6, 6.07) is 6.56. The molecular weight excluding hydrogens is 260 g/mol. The highest BCUT2D eigenvalue weighted by Crippen LogP contribution is 2.11. The number of methoxy groups -OCH3 is 1. The lowest BCUT2D eigenvalue weighted by atomic mass is 10.2. The van der Waals surface area contributed by atoms with Crippen molar-refractivity contribution in [3.05, 3.63) is 29.8 Å². The van der Waals surface area contributed by atoms with Gasteiger partial charge in [0.2, 0.25) is 5.91 Å². The van der Waals surface area contributed by atoms with Gasteiger partial charge in [0.05, 0.1) is 31.8 Å². The highest BCUT2D eigenvalue weighted by molar-refractivity contribution is 5.93. The number of esters is 1. The number of amides is 1. The minimum absolute atomic E-state index is 0.0851. The summed E-state index contributed by atoms with van der Waals surface area (Å²) in [5, 5.41) is 5.95. The van der Waals surface area contributed by atoms with E-state index >= 15 is 0 Å². The second kappa shape index (κ2) is 7.02. The Bertz CT molecular complexity index is 467. The average molecular weight is 278 g/mol. The fourth-order valence-corrected chi connectivity index (χ4v) is 1.98. The van der Waals surface area contributed by atoms with Gasteiger partial charge in [-0.3, -0.25) is 4.79 Å². The van der Waals surface area contributed by atoms with Crippen molar-refractivity contribution in [3.8, 4) is 0 Å². The van der Waals surface area contributed by atoms with Gasteiger partial charge in [-0.1, -0.05) is 0 Å². The maximum absolute atomic E-state index is 11.8. The van der Waals surface area contributed by atoms with Crippen LogP contribution in [0.2, 0.25) is 0 Å². The second-order valence-electron chi connectivity index (χ2n) is 4.52. The number of rotatable bonds is 4. The van der Waals surface area contributed by atoms with Crippen LogP contribution < -0.4 is 10.6 Å². The first kappa shape index (κ1) is 14.5. The van der Waals surface area contributed by atoms with Gasteiger partial charge in [-0.2, -0.15) is 0 Å². The molecule has 1 aliphatic heterocycles. The van der Waals surface area contributed by atoms with Crippen molar-refractivity contribution in [1.29, 1.82) is 0 Å². The quantitative estimate of drug-likeness (QED) is 0.796. The minimum Gasteiger partial charge on any atom is -0.465 e. The molecule has 108 valence electrons. The molecule has 0 aliphatic carbocycles. The summed E-state index contributed by atoms with van der Waals surface area (Å²) in [5.41, 5.74) is 1.09. The SMILES string of the molecule is COC(=O)c1ccc(NC(=O)CC2CNCCO2)cc1. The van der Waals surface area contributed by atoms with Gasteiger partial charge < -0.3 is 20.1 Å². The van der Waals surface area contributed by atoms with Crippen LogP contribution in [0.3, 0.4) is 0 Å². The van der Waals surface area contributed by atoms with E-state index in [1.54, 1.807) is 24.3 Å². The zero-order chi connectivity index (χ0) is 14.4. The minimum atomic E-state index is -0.399. The van der Waals surface area contributed by atoms with E-state index in [-0.39, 0.29) is 12.0 Å². The molecular formula is C14H18N2O4. The Hall–Kier alpha value is -1.92. The largest absolute Gasteiger partial charge is 0.465 e. The van der Waals surface area contributed by atoms with Gasteiger partial charge in [-0.05, 0) is 24.3 Å². The molecule has 2 N–H and O–H groups in total. The van der Waals surface area contributed by atoms with E-state index in [1.165, 1.54) is 7.11 Å². The Kier molecular flexibility index (Phi) is 5.09. The molecule has 6 heteroatoms. The van der Waals surface area contributed by atoms with Crippen LogP contribution in [0.5, 0.6) is 0 Å². The Morgan fingerprint density at radius 2 is 2.15 bits per heavy atom. The number of hydrogen-bond acceptors (Lipinski definition) is 5. The smallest absolute Gasteiger partial charge is 0.337 e. The summed E-state index contributed by atoms with van der Waals surface area (Å²) >= 11 is 0. The summed E-state index contributed by atoms with van der Waals surface area (Å²) in [6.07, 6.45) is 0.226.